The van der Waals surface area contributed by atoms with E-state index in [1.54, 1.807) is 36.4 Å². The Morgan fingerprint density at radius 3 is 2.61 bits per heavy atom. The lowest BCUT2D eigenvalue weighted by atomic mass is 10.2. The molecule has 0 aliphatic carbocycles. The number of allylic oxidation sites excluding steroid dienone is 2. The molecule has 5 heteroatoms. The molecule has 1 amide bonds. The maximum Gasteiger partial charge on any atom is 0.246 e. The summed E-state index contributed by atoms with van der Waals surface area (Å²) in [6.45, 7) is 4.25. The lowest BCUT2D eigenvalue weighted by Gasteiger charge is -2.34. The molecule has 2 rings (SSSR count). The highest BCUT2D eigenvalue weighted by Gasteiger charge is 2.18. The highest BCUT2D eigenvalue weighted by Crippen LogP contribution is 2.08. The molecule has 0 atom stereocenters. The van der Waals surface area contributed by atoms with Gasteiger partial charge in [-0.15, -0.1) is 11.6 Å². The van der Waals surface area contributed by atoms with Gasteiger partial charge in [0.25, 0.3) is 0 Å². The number of benzene rings is 1. The van der Waals surface area contributed by atoms with Crippen LogP contribution in [0.25, 0.3) is 6.08 Å². The fourth-order valence-corrected chi connectivity index (χ4v) is 2.61. The molecule has 0 bridgehead atoms. The van der Waals surface area contributed by atoms with Gasteiger partial charge in [0.1, 0.15) is 5.82 Å². The van der Waals surface area contributed by atoms with E-state index in [0.717, 1.165) is 39.1 Å². The molecule has 1 heterocycles. The normalized spacial score (nSPS) is 16.5. The first-order valence-corrected chi connectivity index (χ1v) is 8.40. The van der Waals surface area contributed by atoms with Gasteiger partial charge in [0.2, 0.25) is 5.91 Å². The van der Waals surface area contributed by atoms with Crippen molar-refractivity contribution in [3.63, 3.8) is 0 Å². The summed E-state index contributed by atoms with van der Waals surface area (Å²) in [5, 5.41) is 0. The summed E-state index contributed by atoms with van der Waals surface area (Å²) in [5.41, 5.74) is 0.512. The first-order chi connectivity index (χ1) is 11.2. The Morgan fingerprint density at radius 2 is 1.91 bits per heavy atom. The van der Waals surface area contributed by atoms with Crippen molar-refractivity contribution in [1.29, 1.82) is 0 Å². The van der Waals surface area contributed by atoms with Crippen LogP contribution in [0.5, 0.6) is 0 Å². The van der Waals surface area contributed by atoms with Crippen LogP contribution in [0.1, 0.15) is 12.0 Å². The zero-order chi connectivity index (χ0) is 16.5. The largest absolute Gasteiger partial charge is 0.337 e. The predicted molar refractivity (Wildman–Crippen MR) is 92.9 cm³/mol. The fourth-order valence-electron chi connectivity index (χ4n) is 2.49. The summed E-state index contributed by atoms with van der Waals surface area (Å²) in [7, 11) is 0. The van der Waals surface area contributed by atoms with E-state index in [0.29, 0.717) is 11.4 Å². The minimum Gasteiger partial charge on any atom is -0.337 e. The Bertz CT molecular complexity index is 566. The van der Waals surface area contributed by atoms with Crippen LogP contribution in [0.4, 0.5) is 4.39 Å². The second-order valence-corrected chi connectivity index (χ2v) is 5.83. The Hall–Kier alpha value is -1.65. The Kier molecular flexibility index (Phi) is 7.30. The van der Waals surface area contributed by atoms with Gasteiger partial charge in [-0.2, -0.15) is 0 Å². The second kappa shape index (κ2) is 9.48. The maximum absolute atomic E-state index is 13.4. The number of halogens is 2. The first kappa shape index (κ1) is 17.7. The summed E-state index contributed by atoms with van der Waals surface area (Å²) in [5.74, 6) is 0.410. The second-order valence-electron chi connectivity index (χ2n) is 5.45. The van der Waals surface area contributed by atoms with E-state index >= 15 is 0 Å². The molecule has 0 unspecified atom stereocenters. The van der Waals surface area contributed by atoms with Gasteiger partial charge in [-0.1, -0.05) is 36.4 Å². The minimum atomic E-state index is -0.267. The molecule has 1 aromatic rings. The van der Waals surface area contributed by atoms with E-state index in [-0.39, 0.29) is 11.7 Å². The van der Waals surface area contributed by atoms with E-state index in [4.69, 9.17) is 11.6 Å². The molecule has 0 spiro atoms. The third-order valence-electron chi connectivity index (χ3n) is 3.82. The first-order valence-electron chi connectivity index (χ1n) is 7.87. The summed E-state index contributed by atoms with van der Waals surface area (Å²) >= 11 is 5.69. The van der Waals surface area contributed by atoms with Crippen LogP contribution >= 0.6 is 11.6 Å². The number of hydrogen-bond donors (Lipinski definition) is 0. The molecule has 0 radical (unpaired) electrons. The number of nitrogens with zero attached hydrogens (tertiary/aromatic N) is 2. The molecular weight excluding hydrogens is 315 g/mol. The molecule has 0 aromatic heterocycles. The lowest BCUT2D eigenvalue weighted by Crippen LogP contribution is -2.48. The Labute approximate surface area is 142 Å². The van der Waals surface area contributed by atoms with Gasteiger partial charge < -0.3 is 4.90 Å². The van der Waals surface area contributed by atoms with E-state index in [9.17, 15) is 9.18 Å². The van der Waals surface area contributed by atoms with E-state index in [2.05, 4.69) is 4.90 Å². The van der Waals surface area contributed by atoms with Gasteiger partial charge >= 0.3 is 0 Å². The van der Waals surface area contributed by atoms with Crippen LogP contribution in [-0.2, 0) is 4.79 Å². The van der Waals surface area contributed by atoms with Gasteiger partial charge in [0.15, 0.2) is 0 Å². The number of rotatable bonds is 6. The molecule has 0 N–H and O–H groups in total. The summed E-state index contributed by atoms with van der Waals surface area (Å²) in [4.78, 5) is 16.3. The predicted octanol–water partition coefficient (Wildman–Crippen LogP) is 3.17. The lowest BCUT2D eigenvalue weighted by molar-refractivity contribution is -0.127. The summed E-state index contributed by atoms with van der Waals surface area (Å²) in [6, 6.07) is 6.54. The highest BCUT2D eigenvalue weighted by molar-refractivity contribution is 6.17. The third kappa shape index (κ3) is 5.81. The van der Waals surface area contributed by atoms with Crippen LogP contribution in [-0.4, -0.2) is 54.3 Å². The quantitative estimate of drug-likeness (QED) is 0.452. The van der Waals surface area contributed by atoms with Gasteiger partial charge in [-0.05, 0) is 19.0 Å². The number of hydrogen-bond acceptors (Lipinski definition) is 2. The molecule has 124 valence electrons. The average molecular weight is 337 g/mol. The highest BCUT2D eigenvalue weighted by atomic mass is 35.5. The van der Waals surface area contributed by atoms with Crippen LogP contribution < -0.4 is 0 Å². The summed E-state index contributed by atoms with van der Waals surface area (Å²) < 4.78 is 13.4. The van der Waals surface area contributed by atoms with Gasteiger partial charge in [0, 0.05) is 43.7 Å². The molecule has 1 saturated heterocycles. The van der Waals surface area contributed by atoms with E-state index in [1.807, 2.05) is 4.90 Å². The zero-order valence-electron chi connectivity index (χ0n) is 13.1. The molecule has 1 aromatic carbocycles. The summed E-state index contributed by atoms with van der Waals surface area (Å²) in [6.07, 6.45) is 7.52. The Balaban J connectivity index is 1.78. The van der Waals surface area contributed by atoms with Gasteiger partial charge in [-0.3, -0.25) is 9.69 Å². The Morgan fingerprint density at radius 1 is 1.17 bits per heavy atom. The number of piperazine rings is 1. The van der Waals surface area contributed by atoms with Crippen LogP contribution in [0, 0.1) is 5.82 Å². The van der Waals surface area contributed by atoms with Gasteiger partial charge in [0.05, 0.1) is 0 Å². The topological polar surface area (TPSA) is 23.6 Å². The standard InChI is InChI=1S/C18H22ClFN2O/c19-10-5-11-21-12-14-22(15-13-21)18(23)9-4-2-7-16-6-1-3-8-17(16)20/h1-4,6-9H,5,10-15H2/b7-2+,9-4+. The monoisotopic (exact) mass is 336 g/mol. The van der Waals surface area contributed by atoms with Crippen LogP contribution in [0.15, 0.2) is 42.5 Å². The van der Waals surface area contributed by atoms with Crippen LogP contribution in [0.2, 0.25) is 0 Å². The fraction of sp³-hybridized carbons (Fsp3) is 0.389. The van der Waals surface area contributed by atoms with Crippen molar-refractivity contribution < 1.29 is 9.18 Å². The maximum atomic E-state index is 13.4. The number of carbonyl (C=O) groups excluding carboxylic acids is 1. The van der Waals surface area contributed by atoms with Crippen molar-refractivity contribution in [3.05, 3.63) is 53.9 Å². The minimum absolute atomic E-state index is 0.000164. The molecular formula is C18H22ClFN2O. The average Bonchev–Trinajstić information content (AvgIpc) is 2.58. The number of alkyl halides is 1. The molecule has 1 fully saturated rings. The van der Waals surface area contributed by atoms with Crippen molar-refractivity contribution in [2.75, 3.05) is 38.6 Å². The van der Waals surface area contributed by atoms with E-state index < -0.39 is 0 Å². The molecule has 0 saturated carbocycles. The van der Waals surface area contributed by atoms with Crippen molar-refractivity contribution in [2.24, 2.45) is 0 Å². The van der Waals surface area contributed by atoms with E-state index in [1.165, 1.54) is 12.1 Å². The number of amides is 1. The molecule has 23 heavy (non-hydrogen) atoms. The molecule has 1 aliphatic rings. The van der Waals surface area contributed by atoms with Gasteiger partial charge in [-0.25, -0.2) is 4.39 Å². The van der Waals surface area contributed by atoms with Crippen molar-refractivity contribution in [3.8, 4) is 0 Å². The van der Waals surface area contributed by atoms with Crippen molar-refractivity contribution >= 4 is 23.6 Å². The molecule has 3 nitrogen and oxygen atoms in total. The van der Waals surface area contributed by atoms with Crippen LogP contribution in [0.3, 0.4) is 0 Å². The zero-order valence-corrected chi connectivity index (χ0v) is 13.9. The SMILES string of the molecule is O=C(/C=C/C=C/c1ccccc1F)N1CCN(CCCCl)CC1. The third-order valence-corrected chi connectivity index (χ3v) is 4.09. The van der Waals surface area contributed by atoms with Crippen molar-refractivity contribution in [2.45, 2.75) is 6.42 Å². The molecule has 1 aliphatic heterocycles. The smallest absolute Gasteiger partial charge is 0.246 e. The van der Waals surface area contributed by atoms with Crippen molar-refractivity contribution in [1.82, 2.24) is 9.80 Å². The number of carbonyl (C=O) groups is 1.